The van der Waals surface area contributed by atoms with E-state index >= 15 is 0 Å². The fourth-order valence-electron chi connectivity index (χ4n) is 8.18. The highest BCUT2D eigenvalue weighted by molar-refractivity contribution is 5.95. The summed E-state index contributed by atoms with van der Waals surface area (Å²) in [5.41, 5.74) is 7.75. The smallest absolute Gasteiger partial charge is 0.247 e. The number of amides is 2. The maximum Gasteiger partial charge on any atom is 0.247 e. The molecule has 3 saturated carbocycles. The molecule has 7 atom stereocenters. The van der Waals surface area contributed by atoms with Crippen LogP contribution in [0.2, 0.25) is 0 Å². The molecule has 0 aromatic heterocycles. The van der Waals surface area contributed by atoms with Gasteiger partial charge in [0, 0.05) is 17.0 Å². The van der Waals surface area contributed by atoms with Crippen molar-refractivity contribution in [2.45, 2.75) is 64.8 Å². The van der Waals surface area contributed by atoms with Crippen LogP contribution < -0.4 is 15.8 Å². The zero-order valence-corrected chi connectivity index (χ0v) is 19.5. The summed E-state index contributed by atoms with van der Waals surface area (Å²) in [5, 5.41) is 3.39. The number of nitrogens with one attached hydrogen (secondary N) is 1. The number of rotatable bonds is 3. The minimum atomic E-state index is -0.319. The summed E-state index contributed by atoms with van der Waals surface area (Å²) in [7, 11) is 1.60. The van der Waals surface area contributed by atoms with Crippen molar-refractivity contribution in [3.63, 3.8) is 0 Å². The van der Waals surface area contributed by atoms with Crippen molar-refractivity contribution in [1.82, 2.24) is 5.32 Å². The molecular formula is C27H36N2O3. The third kappa shape index (κ3) is 3.19. The molecule has 1 aromatic rings. The molecule has 5 nitrogen and oxygen atoms in total. The summed E-state index contributed by atoms with van der Waals surface area (Å²) in [6, 6.07) is 7.66. The molecule has 3 fully saturated rings. The topological polar surface area (TPSA) is 81.4 Å². The van der Waals surface area contributed by atoms with Crippen LogP contribution in [0.15, 0.2) is 35.9 Å². The normalized spacial score (nSPS) is 40.4. The first kappa shape index (κ1) is 21.5. The molecule has 3 N–H and O–H groups in total. The molecule has 0 spiro atoms. The van der Waals surface area contributed by atoms with Gasteiger partial charge in [-0.3, -0.25) is 9.59 Å². The second-order valence-corrected chi connectivity index (χ2v) is 11.1. The van der Waals surface area contributed by atoms with E-state index in [2.05, 4.69) is 25.2 Å². The standard InChI is InChI=1S/C18H25NO.C9H11NO2/c1-17-8-7-14-10-3-6-15-18(14,2)9-11(16(20)19-15)13(17)5-4-12(10)17;1-12-8-4-2-7(3-5-8)6-9(10)11/h9-10,12-15H,3-8H2,1-2H3,(H,19,20);2-5H,6H2,1H3,(H2,10,11)/t10-,12-,13?,14+,15?,17-,18+;/m0./s1. The summed E-state index contributed by atoms with van der Waals surface area (Å²) in [5.74, 6) is 3.89. The Morgan fingerprint density at radius 3 is 2.53 bits per heavy atom. The summed E-state index contributed by atoms with van der Waals surface area (Å²) in [4.78, 5) is 23.1. The fourth-order valence-corrected chi connectivity index (χ4v) is 8.18. The number of hydrogen-bond acceptors (Lipinski definition) is 3. The molecule has 6 aliphatic rings. The third-order valence-corrected chi connectivity index (χ3v) is 9.72. The van der Waals surface area contributed by atoms with Gasteiger partial charge in [-0.15, -0.1) is 0 Å². The van der Waals surface area contributed by atoms with Crippen LogP contribution in [0.5, 0.6) is 5.75 Å². The number of hydrogen-bond donors (Lipinski definition) is 2. The van der Waals surface area contributed by atoms with Gasteiger partial charge in [0.1, 0.15) is 5.75 Å². The van der Waals surface area contributed by atoms with Gasteiger partial charge < -0.3 is 15.8 Å². The minimum absolute atomic E-state index is 0.245. The Balaban J connectivity index is 0.000000156. The highest BCUT2D eigenvalue weighted by atomic mass is 16.5. The van der Waals surface area contributed by atoms with E-state index in [4.69, 9.17) is 10.5 Å². The van der Waals surface area contributed by atoms with Gasteiger partial charge >= 0.3 is 0 Å². The molecule has 1 heterocycles. The molecular weight excluding hydrogens is 400 g/mol. The van der Waals surface area contributed by atoms with Crippen LogP contribution in [0, 0.1) is 34.5 Å². The number of carbonyl (C=O) groups is 2. The number of methoxy groups -OCH3 is 1. The molecule has 1 aliphatic heterocycles. The Kier molecular flexibility index (Phi) is 5.14. The van der Waals surface area contributed by atoms with Crippen LogP contribution in [0.1, 0.15) is 57.9 Å². The third-order valence-electron chi connectivity index (χ3n) is 9.72. The van der Waals surface area contributed by atoms with Gasteiger partial charge in [-0.2, -0.15) is 0 Å². The van der Waals surface area contributed by atoms with Crippen LogP contribution >= 0.6 is 0 Å². The zero-order valence-electron chi connectivity index (χ0n) is 19.5. The maximum absolute atomic E-state index is 12.6. The molecule has 0 radical (unpaired) electrons. The lowest BCUT2D eigenvalue weighted by atomic mass is 9.45. The predicted molar refractivity (Wildman–Crippen MR) is 124 cm³/mol. The minimum Gasteiger partial charge on any atom is -0.497 e. The van der Waals surface area contributed by atoms with Gasteiger partial charge in [-0.05, 0) is 85.3 Å². The maximum atomic E-state index is 12.6. The average Bonchev–Trinajstić information content (AvgIpc) is 3.10. The first-order valence-corrected chi connectivity index (χ1v) is 12.2. The lowest BCUT2D eigenvalue weighted by Gasteiger charge is -2.62. The quantitative estimate of drug-likeness (QED) is 0.751. The Bertz CT molecular complexity index is 954. The van der Waals surface area contributed by atoms with Crippen LogP contribution in [-0.2, 0) is 16.0 Å². The molecule has 5 heteroatoms. The lowest BCUT2D eigenvalue weighted by Crippen LogP contribution is -2.62. The number of fused-ring (bicyclic) bond motifs is 1. The first-order chi connectivity index (χ1) is 15.3. The van der Waals surface area contributed by atoms with Crippen LogP contribution in [0.4, 0.5) is 0 Å². The number of carbonyl (C=O) groups excluding carboxylic acids is 2. The van der Waals surface area contributed by atoms with Crippen molar-refractivity contribution in [2.24, 2.45) is 40.2 Å². The molecule has 2 amide bonds. The van der Waals surface area contributed by atoms with Crippen molar-refractivity contribution >= 4 is 11.8 Å². The Morgan fingerprint density at radius 1 is 1.09 bits per heavy atom. The van der Waals surface area contributed by atoms with Crippen molar-refractivity contribution in [1.29, 1.82) is 0 Å². The molecule has 32 heavy (non-hydrogen) atoms. The van der Waals surface area contributed by atoms with Crippen LogP contribution in [-0.4, -0.2) is 25.0 Å². The second kappa shape index (κ2) is 7.64. The Morgan fingerprint density at radius 2 is 1.84 bits per heavy atom. The van der Waals surface area contributed by atoms with Gasteiger partial charge in [-0.25, -0.2) is 0 Å². The Hall–Kier alpha value is -2.30. The van der Waals surface area contributed by atoms with Gasteiger partial charge in [-0.1, -0.05) is 32.1 Å². The van der Waals surface area contributed by atoms with Gasteiger partial charge in [0.15, 0.2) is 0 Å². The van der Waals surface area contributed by atoms with Gasteiger partial charge in [0.25, 0.3) is 0 Å². The van der Waals surface area contributed by atoms with Crippen molar-refractivity contribution < 1.29 is 14.3 Å². The van der Waals surface area contributed by atoms with E-state index < -0.39 is 0 Å². The highest BCUT2D eigenvalue weighted by Crippen LogP contribution is 2.68. The largest absolute Gasteiger partial charge is 0.497 e. The Labute approximate surface area is 191 Å². The van der Waals surface area contributed by atoms with Crippen molar-refractivity contribution in [3.8, 4) is 5.75 Å². The van der Waals surface area contributed by atoms with E-state index in [9.17, 15) is 9.59 Å². The van der Waals surface area contributed by atoms with E-state index in [0.717, 1.165) is 29.1 Å². The van der Waals surface area contributed by atoms with Crippen molar-refractivity contribution in [2.75, 3.05) is 7.11 Å². The van der Waals surface area contributed by atoms with E-state index in [1.165, 1.54) is 44.1 Å². The van der Waals surface area contributed by atoms with E-state index in [1.807, 2.05) is 12.1 Å². The van der Waals surface area contributed by atoms with E-state index in [1.54, 1.807) is 19.2 Å². The van der Waals surface area contributed by atoms with Gasteiger partial charge in [0.2, 0.25) is 11.8 Å². The summed E-state index contributed by atoms with van der Waals surface area (Å²) in [6.45, 7) is 4.95. The highest BCUT2D eigenvalue weighted by Gasteiger charge is 2.63. The summed E-state index contributed by atoms with van der Waals surface area (Å²) < 4.78 is 4.96. The predicted octanol–water partition coefficient (Wildman–Crippen LogP) is 4.01. The SMILES string of the molecule is COc1ccc(CC(N)=O)cc1.C[C@]12C=C3C(=O)NC1CC[C@@H]1[C@H]2CC[C@]2(C)C3CC[C@@H]12. The van der Waals surface area contributed by atoms with Crippen LogP contribution in [0.3, 0.4) is 0 Å². The van der Waals surface area contributed by atoms with Crippen LogP contribution in [0.25, 0.3) is 0 Å². The van der Waals surface area contributed by atoms with E-state index in [0.29, 0.717) is 17.4 Å². The number of nitrogens with two attached hydrogens (primary N) is 1. The summed E-state index contributed by atoms with van der Waals surface area (Å²) >= 11 is 0. The summed E-state index contributed by atoms with van der Waals surface area (Å²) in [6.07, 6.45) is 10.7. The first-order valence-electron chi connectivity index (χ1n) is 12.2. The number of benzene rings is 1. The molecule has 7 rings (SSSR count). The van der Waals surface area contributed by atoms with Crippen molar-refractivity contribution in [3.05, 3.63) is 41.5 Å². The number of primary amides is 1. The van der Waals surface area contributed by atoms with E-state index in [-0.39, 0.29) is 23.7 Å². The molecule has 172 valence electrons. The lowest BCUT2D eigenvalue weighted by molar-refractivity contribution is -0.129. The monoisotopic (exact) mass is 436 g/mol. The molecule has 1 aromatic carbocycles. The van der Waals surface area contributed by atoms with Gasteiger partial charge in [0.05, 0.1) is 13.5 Å². The average molecular weight is 437 g/mol. The second-order valence-electron chi connectivity index (χ2n) is 11.1. The number of ether oxygens (including phenoxy) is 1. The molecule has 7 bridgehead atoms. The molecule has 0 saturated heterocycles. The molecule has 2 unspecified atom stereocenters. The zero-order chi connectivity index (χ0) is 22.7. The fraction of sp³-hybridized carbons (Fsp3) is 0.630. The molecule has 5 aliphatic carbocycles.